The number of nitrogens with one attached hydrogen (secondary N) is 1. The number of aromatic nitrogens is 2. The molecule has 2 atom stereocenters. The number of benzene rings is 1. The molecule has 2 fully saturated rings. The number of carbonyl (C=O) groups excluding carboxylic acids is 2. The van der Waals surface area contributed by atoms with E-state index in [1.54, 1.807) is 6.20 Å². The Hall–Kier alpha value is -3.13. The fourth-order valence-corrected chi connectivity index (χ4v) is 4.76. The highest BCUT2D eigenvalue weighted by Gasteiger charge is 2.52. The second-order valence-electron chi connectivity index (χ2n) is 7.65. The van der Waals surface area contributed by atoms with Crippen molar-refractivity contribution in [2.24, 2.45) is 11.1 Å². The van der Waals surface area contributed by atoms with Gasteiger partial charge in [0.05, 0.1) is 34.7 Å². The quantitative estimate of drug-likeness (QED) is 0.600. The molecule has 1 aromatic carbocycles. The number of fused-ring (bicyclic) bond motifs is 3. The summed E-state index contributed by atoms with van der Waals surface area (Å²) in [6.07, 6.45) is 3.88. The Balaban J connectivity index is 1.76. The molecule has 8 nitrogen and oxygen atoms in total. The smallest absolute Gasteiger partial charge is 0.252 e. The molecule has 8 heteroatoms. The fourth-order valence-electron chi connectivity index (χ4n) is 4.76. The van der Waals surface area contributed by atoms with Crippen molar-refractivity contribution in [3.8, 4) is 0 Å². The minimum Gasteiger partial charge on any atom is -0.390 e. The molecule has 3 aromatic rings. The predicted molar refractivity (Wildman–Crippen MR) is 104 cm³/mol. The molecule has 0 saturated carbocycles. The van der Waals surface area contributed by atoms with Crippen molar-refractivity contribution in [3.05, 3.63) is 42.2 Å². The van der Waals surface area contributed by atoms with E-state index in [4.69, 9.17) is 5.73 Å². The van der Waals surface area contributed by atoms with Gasteiger partial charge in [0, 0.05) is 36.3 Å². The van der Waals surface area contributed by atoms with Crippen LogP contribution in [0, 0.1) is 5.41 Å². The number of hydrogen-bond acceptors (Lipinski definition) is 5. The lowest BCUT2D eigenvalue weighted by atomic mass is 9.77. The van der Waals surface area contributed by atoms with Crippen molar-refractivity contribution in [1.82, 2.24) is 15.0 Å². The van der Waals surface area contributed by atoms with Crippen LogP contribution in [-0.4, -0.2) is 52.3 Å². The summed E-state index contributed by atoms with van der Waals surface area (Å²) in [5.74, 6) is -0.658. The van der Waals surface area contributed by atoms with Crippen LogP contribution in [0.4, 0.5) is 0 Å². The number of amides is 2. The van der Waals surface area contributed by atoms with Gasteiger partial charge in [-0.15, -0.1) is 0 Å². The van der Waals surface area contributed by atoms with E-state index in [1.807, 2.05) is 28.9 Å². The largest absolute Gasteiger partial charge is 0.390 e. The molecular formula is C20H21N5O3. The lowest BCUT2D eigenvalue weighted by Crippen LogP contribution is -2.55. The zero-order chi connectivity index (χ0) is 19.5. The Morgan fingerprint density at radius 3 is 2.86 bits per heavy atom. The SMILES string of the molecule is NC(=O)c1cncc2c3ccccc3n(N3CCCC4(C3)C(=O)NCC4O)c12. The second kappa shape index (κ2) is 5.93. The zero-order valence-electron chi connectivity index (χ0n) is 15.3. The molecule has 5 rings (SSSR count). The third kappa shape index (κ3) is 2.18. The first-order valence-corrected chi connectivity index (χ1v) is 9.41. The monoisotopic (exact) mass is 379 g/mol. The van der Waals surface area contributed by atoms with Crippen LogP contribution in [0.5, 0.6) is 0 Å². The van der Waals surface area contributed by atoms with Crippen LogP contribution < -0.4 is 16.1 Å². The van der Waals surface area contributed by atoms with Gasteiger partial charge in [0.2, 0.25) is 5.91 Å². The number of para-hydroxylation sites is 1. The Bertz CT molecular complexity index is 1120. The van der Waals surface area contributed by atoms with Crippen molar-refractivity contribution in [1.29, 1.82) is 0 Å². The number of pyridine rings is 1. The molecule has 4 heterocycles. The van der Waals surface area contributed by atoms with E-state index in [1.165, 1.54) is 6.20 Å². The number of β-amino-alcohol motifs (C(OH)–C–C–N with tert-alkyl or cyclic N) is 1. The molecule has 2 aliphatic heterocycles. The number of primary amides is 1. The van der Waals surface area contributed by atoms with Gasteiger partial charge in [-0.05, 0) is 18.9 Å². The summed E-state index contributed by atoms with van der Waals surface area (Å²) < 4.78 is 1.98. The lowest BCUT2D eigenvalue weighted by molar-refractivity contribution is -0.131. The summed E-state index contributed by atoms with van der Waals surface area (Å²) in [6.45, 7) is 1.35. The molecule has 1 spiro atoms. The number of rotatable bonds is 2. The minimum absolute atomic E-state index is 0.109. The fraction of sp³-hybridized carbons (Fsp3) is 0.350. The van der Waals surface area contributed by atoms with Gasteiger partial charge in [0.25, 0.3) is 5.91 Å². The number of aliphatic hydroxyl groups excluding tert-OH is 1. The molecule has 0 radical (unpaired) electrons. The number of aliphatic hydroxyl groups is 1. The van der Waals surface area contributed by atoms with Crippen LogP contribution in [0.15, 0.2) is 36.7 Å². The van der Waals surface area contributed by atoms with E-state index in [9.17, 15) is 14.7 Å². The maximum Gasteiger partial charge on any atom is 0.252 e. The summed E-state index contributed by atoms with van der Waals surface area (Å²) in [4.78, 5) is 28.9. The first-order chi connectivity index (χ1) is 13.5. The predicted octanol–water partition coefficient (Wildman–Crippen LogP) is 0.497. The highest BCUT2D eigenvalue weighted by molar-refractivity contribution is 6.15. The molecule has 2 aliphatic rings. The summed E-state index contributed by atoms with van der Waals surface area (Å²) >= 11 is 0. The van der Waals surface area contributed by atoms with Crippen molar-refractivity contribution >= 4 is 33.6 Å². The molecule has 0 aliphatic carbocycles. The van der Waals surface area contributed by atoms with Crippen LogP contribution in [0.2, 0.25) is 0 Å². The number of nitrogens with two attached hydrogens (primary N) is 1. The Labute approximate surface area is 160 Å². The molecule has 2 amide bonds. The Morgan fingerprint density at radius 1 is 1.29 bits per heavy atom. The van der Waals surface area contributed by atoms with Crippen LogP contribution in [0.25, 0.3) is 21.8 Å². The van der Waals surface area contributed by atoms with Gasteiger partial charge in [-0.25, -0.2) is 0 Å². The zero-order valence-corrected chi connectivity index (χ0v) is 15.3. The summed E-state index contributed by atoms with van der Waals surface area (Å²) in [7, 11) is 0. The Kier molecular flexibility index (Phi) is 3.60. The van der Waals surface area contributed by atoms with E-state index < -0.39 is 17.4 Å². The third-order valence-corrected chi connectivity index (χ3v) is 6.15. The highest BCUT2D eigenvalue weighted by atomic mass is 16.3. The van der Waals surface area contributed by atoms with Crippen molar-refractivity contribution < 1.29 is 14.7 Å². The van der Waals surface area contributed by atoms with Gasteiger partial charge in [0.1, 0.15) is 0 Å². The molecule has 2 saturated heterocycles. The van der Waals surface area contributed by atoms with Gasteiger partial charge in [-0.2, -0.15) is 0 Å². The molecular weight excluding hydrogens is 358 g/mol. The van der Waals surface area contributed by atoms with E-state index in [0.29, 0.717) is 30.6 Å². The number of piperidine rings is 1. The summed E-state index contributed by atoms with van der Waals surface area (Å²) in [5.41, 5.74) is 6.75. The first kappa shape index (κ1) is 17.0. The average molecular weight is 379 g/mol. The van der Waals surface area contributed by atoms with Gasteiger partial charge >= 0.3 is 0 Å². The van der Waals surface area contributed by atoms with E-state index >= 15 is 0 Å². The number of nitrogens with zero attached hydrogens (tertiary/aromatic N) is 3. The third-order valence-electron chi connectivity index (χ3n) is 6.15. The van der Waals surface area contributed by atoms with Crippen LogP contribution in [0.1, 0.15) is 23.2 Å². The normalized spacial score (nSPS) is 25.0. The van der Waals surface area contributed by atoms with Gasteiger partial charge < -0.3 is 21.2 Å². The molecule has 144 valence electrons. The van der Waals surface area contributed by atoms with E-state index in [-0.39, 0.29) is 12.5 Å². The lowest BCUT2D eigenvalue weighted by Gasteiger charge is -2.42. The molecule has 2 aromatic heterocycles. The van der Waals surface area contributed by atoms with Crippen LogP contribution in [-0.2, 0) is 4.79 Å². The summed E-state index contributed by atoms with van der Waals surface area (Å²) in [5, 5.41) is 17.2. The van der Waals surface area contributed by atoms with Crippen LogP contribution >= 0.6 is 0 Å². The van der Waals surface area contributed by atoms with Gasteiger partial charge in [0.15, 0.2) is 0 Å². The number of carbonyl (C=O) groups is 2. The van der Waals surface area contributed by atoms with E-state index in [0.717, 1.165) is 22.7 Å². The van der Waals surface area contributed by atoms with Gasteiger partial charge in [-0.1, -0.05) is 18.2 Å². The van der Waals surface area contributed by atoms with Gasteiger partial charge in [-0.3, -0.25) is 19.2 Å². The summed E-state index contributed by atoms with van der Waals surface area (Å²) in [6, 6.07) is 7.84. The van der Waals surface area contributed by atoms with Crippen molar-refractivity contribution in [2.75, 3.05) is 24.6 Å². The molecule has 4 N–H and O–H groups in total. The standard InChI is InChI=1S/C20H21N5O3/c21-18(27)14-9-22-8-13-12-4-1-2-5-15(12)25(17(13)14)24-7-3-6-20(11-24)16(26)10-23-19(20)28/h1-2,4-5,8-9,16,26H,3,6-7,10-11H2,(H2,21,27)(H,23,28). The maximum atomic E-state index is 12.6. The van der Waals surface area contributed by atoms with Crippen LogP contribution in [0.3, 0.4) is 0 Å². The van der Waals surface area contributed by atoms with Crippen molar-refractivity contribution in [2.45, 2.75) is 18.9 Å². The first-order valence-electron chi connectivity index (χ1n) is 9.41. The highest BCUT2D eigenvalue weighted by Crippen LogP contribution is 2.38. The minimum atomic E-state index is -0.837. The molecule has 2 unspecified atom stereocenters. The van der Waals surface area contributed by atoms with Crippen molar-refractivity contribution in [3.63, 3.8) is 0 Å². The topological polar surface area (TPSA) is 113 Å². The molecule has 0 bridgehead atoms. The Morgan fingerprint density at radius 2 is 2.11 bits per heavy atom. The maximum absolute atomic E-state index is 12.6. The second-order valence-corrected chi connectivity index (χ2v) is 7.65. The van der Waals surface area contributed by atoms with E-state index in [2.05, 4.69) is 15.3 Å². The molecule has 28 heavy (non-hydrogen) atoms. The average Bonchev–Trinajstić information content (AvgIpc) is 3.18. The number of hydrogen-bond donors (Lipinski definition) is 3.